The minimum Gasteiger partial charge on any atom is -0.380 e. The fourth-order valence-corrected chi connectivity index (χ4v) is 3.36. The minimum absolute atomic E-state index is 0.0577. The van der Waals surface area contributed by atoms with E-state index in [2.05, 4.69) is 26.1 Å². The van der Waals surface area contributed by atoms with E-state index in [0.717, 1.165) is 35.2 Å². The molecule has 4 nitrogen and oxygen atoms in total. The fourth-order valence-electron chi connectivity index (χ4n) is 2.91. The zero-order valence-corrected chi connectivity index (χ0v) is 15.3. The second-order valence-electron chi connectivity index (χ2n) is 5.95. The maximum absolute atomic E-state index is 12.3. The Morgan fingerprint density at radius 2 is 2.08 bits per heavy atom. The van der Waals surface area contributed by atoms with Gasteiger partial charge in [0.05, 0.1) is 6.10 Å². The zero-order valence-electron chi connectivity index (χ0n) is 13.7. The lowest BCUT2D eigenvalue weighted by atomic mass is 10.1. The molecule has 1 amide bonds. The number of halogens is 1. The summed E-state index contributed by atoms with van der Waals surface area (Å²) in [6.07, 6.45) is 1.35. The van der Waals surface area contributed by atoms with Crippen LogP contribution in [0.5, 0.6) is 0 Å². The molecule has 1 heterocycles. The number of rotatable bonds is 5. The molecule has 5 heteroatoms. The van der Waals surface area contributed by atoms with Crippen molar-refractivity contribution in [3.8, 4) is 0 Å². The van der Waals surface area contributed by atoms with Crippen LogP contribution in [0.3, 0.4) is 0 Å². The SMILES string of the molecule is COC1CCN(c2ccc(C(=O)NCc3cccc(Br)c3)cc2)C1. The molecule has 1 fully saturated rings. The lowest BCUT2D eigenvalue weighted by Crippen LogP contribution is -2.24. The van der Waals surface area contributed by atoms with E-state index < -0.39 is 0 Å². The summed E-state index contributed by atoms with van der Waals surface area (Å²) in [5, 5.41) is 2.95. The molecule has 1 N–H and O–H groups in total. The van der Waals surface area contributed by atoms with Gasteiger partial charge in [0, 0.05) is 42.5 Å². The Bertz CT molecular complexity index is 703. The predicted octanol–water partition coefficient (Wildman–Crippen LogP) is 3.60. The van der Waals surface area contributed by atoms with Crippen molar-refractivity contribution in [2.75, 3.05) is 25.1 Å². The van der Waals surface area contributed by atoms with Crippen LogP contribution < -0.4 is 10.2 Å². The van der Waals surface area contributed by atoms with E-state index in [4.69, 9.17) is 4.74 Å². The van der Waals surface area contributed by atoms with Gasteiger partial charge < -0.3 is 15.0 Å². The number of carbonyl (C=O) groups excluding carboxylic acids is 1. The molecule has 0 saturated carbocycles. The van der Waals surface area contributed by atoms with Gasteiger partial charge in [-0.2, -0.15) is 0 Å². The molecule has 1 unspecified atom stereocenters. The Balaban J connectivity index is 1.58. The normalized spacial score (nSPS) is 17.1. The van der Waals surface area contributed by atoms with Gasteiger partial charge in [-0.05, 0) is 48.4 Å². The summed E-state index contributed by atoms with van der Waals surface area (Å²) >= 11 is 3.44. The van der Waals surface area contributed by atoms with Gasteiger partial charge in [-0.3, -0.25) is 4.79 Å². The van der Waals surface area contributed by atoms with Crippen molar-refractivity contribution in [3.05, 3.63) is 64.1 Å². The van der Waals surface area contributed by atoms with Gasteiger partial charge in [0.1, 0.15) is 0 Å². The van der Waals surface area contributed by atoms with Crippen molar-refractivity contribution in [2.45, 2.75) is 19.1 Å². The van der Waals surface area contributed by atoms with E-state index >= 15 is 0 Å². The number of nitrogens with one attached hydrogen (secondary N) is 1. The molecule has 3 rings (SSSR count). The number of ether oxygens (including phenoxy) is 1. The number of nitrogens with zero attached hydrogens (tertiary/aromatic N) is 1. The number of amides is 1. The van der Waals surface area contributed by atoms with Crippen LogP contribution in [-0.4, -0.2) is 32.2 Å². The van der Waals surface area contributed by atoms with E-state index in [1.54, 1.807) is 7.11 Å². The summed E-state index contributed by atoms with van der Waals surface area (Å²) in [4.78, 5) is 14.6. The van der Waals surface area contributed by atoms with Crippen LogP contribution in [-0.2, 0) is 11.3 Å². The van der Waals surface area contributed by atoms with Gasteiger partial charge in [-0.25, -0.2) is 0 Å². The maximum Gasteiger partial charge on any atom is 0.251 e. The molecular weight excluding hydrogens is 368 g/mol. The van der Waals surface area contributed by atoms with Crippen molar-refractivity contribution in [2.24, 2.45) is 0 Å². The van der Waals surface area contributed by atoms with E-state index in [0.29, 0.717) is 18.2 Å². The number of methoxy groups -OCH3 is 1. The topological polar surface area (TPSA) is 41.6 Å². The quantitative estimate of drug-likeness (QED) is 0.850. The summed E-state index contributed by atoms with van der Waals surface area (Å²) in [5.74, 6) is -0.0577. The minimum atomic E-state index is -0.0577. The smallest absolute Gasteiger partial charge is 0.251 e. The van der Waals surface area contributed by atoms with Gasteiger partial charge >= 0.3 is 0 Å². The van der Waals surface area contributed by atoms with E-state index in [1.807, 2.05) is 48.5 Å². The molecular formula is C19H21BrN2O2. The molecule has 24 heavy (non-hydrogen) atoms. The van der Waals surface area contributed by atoms with Crippen LogP contribution in [0.2, 0.25) is 0 Å². The molecule has 126 valence electrons. The Hall–Kier alpha value is -1.85. The first-order chi connectivity index (χ1) is 11.7. The van der Waals surface area contributed by atoms with Gasteiger partial charge in [-0.1, -0.05) is 28.1 Å². The number of hydrogen-bond donors (Lipinski definition) is 1. The van der Waals surface area contributed by atoms with Crippen LogP contribution in [0.25, 0.3) is 0 Å². The van der Waals surface area contributed by atoms with E-state index in [1.165, 1.54) is 0 Å². The summed E-state index contributed by atoms with van der Waals surface area (Å²) < 4.78 is 6.41. The number of hydrogen-bond acceptors (Lipinski definition) is 3. The Kier molecular flexibility index (Phi) is 5.53. The lowest BCUT2D eigenvalue weighted by Gasteiger charge is -2.18. The summed E-state index contributed by atoms with van der Waals surface area (Å²) in [5.41, 5.74) is 2.88. The molecule has 1 aliphatic rings. The maximum atomic E-state index is 12.3. The molecule has 2 aromatic carbocycles. The van der Waals surface area contributed by atoms with Crippen LogP contribution >= 0.6 is 15.9 Å². The standard InChI is InChI=1S/C19H21BrN2O2/c1-24-18-9-10-22(13-18)17-7-5-15(6-8-17)19(23)21-12-14-3-2-4-16(20)11-14/h2-8,11,18H,9-10,12-13H2,1H3,(H,21,23). The predicted molar refractivity (Wildman–Crippen MR) is 99.4 cm³/mol. The number of anilines is 1. The van der Waals surface area contributed by atoms with Gasteiger partial charge in [0.15, 0.2) is 0 Å². The van der Waals surface area contributed by atoms with Gasteiger partial charge in [0.2, 0.25) is 0 Å². The monoisotopic (exact) mass is 388 g/mol. The summed E-state index contributed by atoms with van der Waals surface area (Å²) in [6, 6.07) is 15.7. The van der Waals surface area contributed by atoms with Crippen molar-refractivity contribution < 1.29 is 9.53 Å². The van der Waals surface area contributed by atoms with Crippen molar-refractivity contribution in [1.82, 2.24) is 5.32 Å². The largest absolute Gasteiger partial charge is 0.380 e. The highest BCUT2D eigenvalue weighted by atomic mass is 79.9. The van der Waals surface area contributed by atoms with Crippen LogP contribution in [0, 0.1) is 0 Å². The highest BCUT2D eigenvalue weighted by Crippen LogP contribution is 2.22. The first kappa shape index (κ1) is 17.0. The third-order valence-electron chi connectivity index (χ3n) is 4.32. The van der Waals surface area contributed by atoms with E-state index in [-0.39, 0.29) is 5.91 Å². The molecule has 2 aromatic rings. The summed E-state index contributed by atoms with van der Waals surface area (Å²) in [6.45, 7) is 2.42. The second-order valence-corrected chi connectivity index (χ2v) is 6.87. The van der Waals surface area contributed by atoms with Crippen LogP contribution in [0.4, 0.5) is 5.69 Å². The Labute approximate surface area is 150 Å². The molecule has 0 spiro atoms. The molecule has 0 radical (unpaired) electrons. The average Bonchev–Trinajstić information content (AvgIpc) is 3.09. The number of benzene rings is 2. The highest BCUT2D eigenvalue weighted by molar-refractivity contribution is 9.10. The molecule has 0 bridgehead atoms. The first-order valence-corrected chi connectivity index (χ1v) is 8.85. The van der Waals surface area contributed by atoms with Crippen LogP contribution in [0.1, 0.15) is 22.3 Å². The van der Waals surface area contributed by atoms with Crippen molar-refractivity contribution >= 4 is 27.5 Å². The Morgan fingerprint density at radius 1 is 1.29 bits per heavy atom. The van der Waals surface area contributed by atoms with E-state index in [9.17, 15) is 4.79 Å². The van der Waals surface area contributed by atoms with Crippen LogP contribution in [0.15, 0.2) is 53.0 Å². The summed E-state index contributed by atoms with van der Waals surface area (Å²) in [7, 11) is 1.76. The highest BCUT2D eigenvalue weighted by Gasteiger charge is 2.22. The second kappa shape index (κ2) is 7.81. The molecule has 0 aliphatic carbocycles. The molecule has 1 saturated heterocycles. The zero-order chi connectivity index (χ0) is 16.9. The van der Waals surface area contributed by atoms with Gasteiger partial charge in [0.25, 0.3) is 5.91 Å². The average molecular weight is 389 g/mol. The van der Waals surface area contributed by atoms with Crippen molar-refractivity contribution in [3.63, 3.8) is 0 Å². The third kappa shape index (κ3) is 4.16. The van der Waals surface area contributed by atoms with Crippen molar-refractivity contribution in [1.29, 1.82) is 0 Å². The number of carbonyl (C=O) groups is 1. The third-order valence-corrected chi connectivity index (χ3v) is 4.81. The molecule has 1 atom stereocenters. The first-order valence-electron chi connectivity index (χ1n) is 8.06. The fraction of sp³-hybridized carbons (Fsp3) is 0.316. The molecule has 0 aromatic heterocycles. The molecule has 1 aliphatic heterocycles. The lowest BCUT2D eigenvalue weighted by molar-refractivity contribution is 0.0951. The Morgan fingerprint density at radius 3 is 2.75 bits per heavy atom. The van der Waals surface area contributed by atoms with Gasteiger partial charge in [-0.15, -0.1) is 0 Å².